The number of hydrogen-bond acceptors (Lipinski definition) is 3. The van der Waals surface area contributed by atoms with Crippen LogP contribution < -0.4 is 5.73 Å². The Kier molecular flexibility index (Phi) is 3.83. The number of hydrogen-bond donors (Lipinski definition) is 1. The van der Waals surface area contributed by atoms with Crippen LogP contribution in [0.3, 0.4) is 0 Å². The van der Waals surface area contributed by atoms with E-state index in [1.807, 2.05) is 0 Å². The molecule has 4 nitrogen and oxygen atoms in total. The Morgan fingerprint density at radius 2 is 2.27 bits per heavy atom. The van der Waals surface area contributed by atoms with Gasteiger partial charge in [0.05, 0.1) is 4.92 Å². The zero-order chi connectivity index (χ0) is 11.3. The van der Waals surface area contributed by atoms with Crippen molar-refractivity contribution in [1.82, 2.24) is 0 Å². The average molecular weight is 204 g/mol. The molecule has 0 radical (unpaired) electrons. The molecule has 4 heteroatoms. The minimum Gasteiger partial charge on any atom is -0.330 e. The van der Waals surface area contributed by atoms with Crippen LogP contribution in [0.25, 0.3) is 0 Å². The van der Waals surface area contributed by atoms with Gasteiger partial charge in [0, 0.05) is 30.7 Å². The second-order valence-electron chi connectivity index (χ2n) is 3.10. The van der Waals surface area contributed by atoms with Gasteiger partial charge >= 0.3 is 0 Å². The lowest BCUT2D eigenvalue weighted by Crippen LogP contribution is -1.95. The van der Waals surface area contributed by atoms with Crippen LogP contribution >= 0.6 is 0 Å². The van der Waals surface area contributed by atoms with Crippen LogP contribution in [-0.2, 0) is 0 Å². The number of nitro benzene ring substituents is 1. The maximum atomic E-state index is 10.5. The number of nitro groups is 1. The van der Waals surface area contributed by atoms with Crippen molar-refractivity contribution in [2.45, 2.75) is 13.3 Å². The van der Waals surface area contributed by atoms with E-state index >= 15 is 0 Å². The third kappa shape index (κ3) is 3.08. The molecule has 2 N–H and O–H groups in total. The largest absolute Gasteiger partial charge is 0.330 e. The highest BCUT2D eigenvalue weighted by Crippen LogP contribution is 2.16. The summed E-state index contributed by atoms with van der Waals surface area (Å²) < 4.78 is 0. The molecule has 0 atom stereocenters. The second-order valence-corrected chi connectivity index (χ2v) is 3.10. The normalized spacial score (nSPS) is 9.20. The van der Waals surface area contributed by atoms with E-state index in [2.05, 4.69) is 11.8 Å². The topological polar surface area (TPSA) is 69.2 Å². The standard InChI is InChI=1S/C11H12N2O2/c1-9-8-11(13(14)15)6-5-10(9)4-2-3-7-12/h5-6,8H,3,7,12H2,1H3. The van der Waals surface area contributed by atoms with Gasteiger partial charge in [0.15, 0.2) is 0 Å². The van der Waals surface area contributed by atoms with Gasteiger partial charge in [-0.3, -0.25) is 10.1 Å². The number of non-ortho nitro benzene ring substituents is 1. The highest BCUT2D eigenvalue weighted by atomic mass is 16.6. The van der Waals surface area contributed by atoms with E-state index in [1.54, 1.807) is 13.0 Å². The lowest BCUT2D eigenvalue weighted by Gasteiger charge is -1.97. The lowest BCUT2D eigenvalue weighted by atomic mass is 10.1. The molecule has 0 spiro atoms. The van der Waals surface area contributed by atoms with E-state index in [0.29, 0.717) is 13.0 Å². The van der Waals surface area contributed by atoms with Crippen LogP contribution in [-0.4, -0.2) is 11.5 Å². The summed E-state index contributed by atoms with van der Waals surface area (Å²) in [6.07, 6.45) is 0.635. The molecule has 0 saturated carbocycles. The van der Waals surface area contributed by atoms with Crippen molar-refractivity contribution in [2.75, 3.05) is 6.54 Å². The number of rotatable bonds is 2. The van der Waals surface area contributed by atoms with E-state index in [1.165, 1.54) is 12.1 Å². The Balaban J connectivity index is 2.95. The first-order valence-electron chi connectivity index (χ1n) is 4.59. The highest BCUT2D eigenvalue weighted by Gasteiger charge is 2.06. The summed E-state index contributed by atoms with van der Waals surface area (Å²) in [5.74, 6) is 5.82. The molecule has 1 rings (SSSR count). The van der Waals surface area contributed by atoms with Gasteiger partial charge < -0.3 is 5.73 Å². The van der Waals surface area contributed by atoms with Crippen LogP contribution in [0, 0.1) is 28.9 Å². The molecule has 0 bridgehead atoms. The SMILES string of the molecule is Cc1cc([N+](=O)[O-])ccc1C#CCCN. The fraction of sp³-hybridized carbons (Fsp3) is 0.273. The summed E-state index contributed by atoms with van der Waals surface area (Å²) in [6.45, 7) is 2.33. The maximum Gasteiger partial charge on any atom is 0.269 e. The molecule has 0 heterocycles. The third-order valence-corrected chi connectivity index (χ3v) is 1.91. The van der Waals surface area contributed by atoms with Crippen LogP contribution in [0.2, 0.25) is 0 Å². The van der Waals surface area contributed by atoms with Crippen molar-refractivity contribution < 1.29 is 4.92 Å². The molecule has 0 aromatic heterocycles. The van der Waals surface area contributed by atoms with Crippen LogP contribution in [0.5, 0.6) is 0 Å². The minimum atomic E-state index is -0.413. The number of nitrogens with two attached hydrogens (primary N) is 1. The Bertz CT molecular complexity index is 430. The summed E-state index contributed by atoms with van der Waals surface area (Å²) in [6, 6.07) is 4.64. The van der Waals surface area contributed by atoms with Crippen molar-refractivity contribution in [2.24, 2.45) is 5.73 Å². The summed E-state index contributed by atoms with van der Waals surface area (Å²) in [4.78, 5) is 10.1. The molecule has 0 aliphatic rings. The Labute approximate surface area is 88.2 Å². The van der Waals surface area contributed by atoms with E-state index in [0.717, 1.165) is 11.1 Å². The van der Waals surface area contributed by atoms with Gasteiger partial charge in [0.2, 0.25) is 0 Å². The number of benzene rings is 1. The first kappa shape index (κ1) is 11.2. The van der Waals surface area contributed by atoms with Crippen molar-refractivity contribution in [3.8, 4) is 11.8 Å². The molecular weight excluding hydrogens is 192 g/mol. The number of nitrogens with zero attached hydrogens (tertiary/aromatic N) is 1. The quantitative estimate of drug-likeness (QED) is 0.452. The molecule has 78 valence electrons. The van der Waals surface area contributed by atoms with Crippen molar-refractivity contribution >= 4 is 5.69 Å². The molecule has 0 aliphatic heterocycles. The van der Waals surface area contributed by atoms with Crippen molar-refractivity contribution in [1.29, 1.82) is 0 Å². The molecule has 15 heavy (non-hydrogen) atoms. The van der Waals surface area contributed by atoms with Gasteiger partial charge in [-0.05, 0) is 18.6 Å². The van der Waals surface area contributed by atoms with Gasteiger partial charge in [0.1, 0.15) is 0 Å². The molecule has 0 amide bonds. The molecule has 0 fully saturated rings. The molecule has 0 aliphatic carbocycles. The Morgan fingerprint density at radius 1 is 1.53 bits per heavy atom. The van der Waals surface area contributed by atoms with E-state index in [4.69, 9.17) is 5.73 Å². The van der Waals surface area contributed by atoms with Crippen LogP contribution in [0.1, 0.15) is 17.5 Å². The van der Waals surface area contributed by atoms with Crippen LogP contribution in [0.4, 0.5) is 5.69 Å². The van der Waals surface area contributed by atoms with E-state index in [9.17, 15) is 10.1 Å². The molecule has 0 saturated heterocycles. The summed E-state index contributed by atoms with van der Waals surface area (Å²) in [5, 5.41) is 10.5. The van der Waals surface area contributed by atoms with E-state index in [-0.39, 0.29) is 5.69 Å². The van der Waals surface area contributed by atoms with Gasteiger partial charge in [-0.15, -0.1) is 0 Å². The third-order valence-electron chi connectivity index (χ3n) is 1.91. The van der Waals surface area contributed by atoms with Gasteiger partial charge in [-0.2, -0.15) is 0 Å². The summed E-state index contributed by atoms with van der Waals surface area (Å²) >= 11 is 0. The molecular formula is C11H12N2O2. The average Bonchev–Trinajstić information content (AvgIpc) is 2.20. The second kappa shape index (κ2) is 5.13. The monoisotopic (exact) mass is 204 g/mol. The zero-order valence-corrected chi connectivity index (χ0v) is 8.49. The fourth-order valence-electron chi connectivity index (χ4n) is 1.13. The molecule has 1 aromatic carbocycles. The van der Waals surface area contributed by atoms with Gasteiger partial charge in [0.25, 0.3) is 5.69 Å². The summed E-state index contributed by atoms with van der Waals surface area (Å²) in [7, 11) is 0. The lowest BCUT2D eigenvalue weighted by molar-refractivity contribution is -0.384. The predicted octanol–water partition coefficient (Wildman–Crippen LogP) is 1.60. The highest BCUT2D eigenvalue weighted by molar-refractivity contribution is 5.47. The zero-order valence-electron chi connectivity index (χ0n) is 8.49. The first-order valence-corrected chi connectivity index (χ1v) is 4.59. The van der Waals surface area contributed by atoms with Gasteiger partial charge in [-0.25, -0.2) is 0 Å². The Morgan fingerprint density at radius 3 is 2.80 bits per heavy atom. The Hall–Kier alpha value is -1.86. The van der Waals surface area contributed by atoms with Crippen molar-refractivity contribution in [3.05, 3.63) is 39.4 Å². The first-order chi connectivity index (χ1) is 7.15. The minimum absolute atomic E-state index is 0.0943. The van der Waals surface area contributed by atoms with Crippen molar-refractivity contribution in [3.63, 3.8) is 0 Å². The number of aryl methyl sites for hydroxylation is 1. The molecule has 1 aromatic rings. The van der Waals surface area contributed by atoms with E-state index < -0.39 is 4.92 Å². The van der Waals surface area contributed by atoms with Gasteiger partial charge in [-0.1, -0.05) is 11.8 Å². The predicted molar refractivity (Wildman–Crippen MR) is 58.4 cm³/mol. The fourth-order valence-corrected chi connectivity index (χ4v) is 1.13. The smallest absolute Gasteiger partial charge is 0.269 e. The summed E-state index contributed by atoms with van der Waals surface area (Å²) in [5.41, 5.74) is 7.02. The maximum absolute atomic E-state index is 10.5. The van der Waals surface area contributed by atoms with Crippen LogP contribution in [0.15, 0.2) is 18.2 Å². The molecule has 0 unspecified atom stereocenters.